The summed E-state index contributed by atoms with van der Waals surface area (Å²) in [7, 11) is 0. The van der Waals surface area contributed by atoms with Crippen molar-refractivity contribution >= 4 is 17.4 Å². The first-order valence-electron chi connectivity index (χ1n) is 12.2. The zero-order chi connectivity index (χ0) is 26.2. The van der Waals surface area contributed by atoms with Gasteiger partial charge in [0.25, 0.3) is 11.7 Å². The third-order valence-corrected chi connectivity index (χ3v) is 6.19. The molecule has 0 radical (unpaired) electrons. The number of phenols is 1. The standard InChI is InChI=1S/C28H34N2O6/c1-5-17-36-21-12-9-19(10-13-21)26(32)24-25(20-11-14-22(31)23(18-20)35-8-4)30(28(34)27(24)33)16-15-29(6-2)7-3/h5,9-14,18,25,31-32H,1,6-8,15-17H2,2-4H3/b26-24+. The lowest BCUT2D eigenvalue weighted by molar-refractivity contribution is -0.140. The molecule has 2 aromatic rings. The molecule has 8 nitrogen and oxygen atoms in total. The molecule has 2 aromatic carbocycles. The van der Waals surface area contributed by atoms with Crippen LogP contribution in [0.3, 0.4) is 0 Å². The van der Waals surface area contributed by atoms with Crippen LogP contribution in [-0.2, 0) is 9.59 Å². The van der Waals surface area contributed by atoms with Crippen LogP contribution in [-0.4, -0.2) is 71.1 Å². The lowest BCUT2D eigenvalue weighted by Gasteiger charge is -2.28. The van der Waals surface area contributed by atoms with Gasteiger partial charge in [0.2, 0.25) is 0 Å². The second kappa shape index (κ2) is 12.3. The van der Waals surface area contributed by atoms with Crippen molar-refractivity contribution in [1.29, 1.82) is 0 Å². The molecule has 1 atom stereocenters. The van der Waals surface area contributed by atoms with Gasteiger partial charge in [0.1, 0.15) is 18.1 Å². The Hall–Kier alpha value is -3.78. The van der Waals surface area contributed by atoms with Gasteiger partial charge in [-0.1, -0.05) is 32.6 Å². The number of likely N-dealkylation sites (tertiary alicyclic amines) is 1. The number of rotatable bonds is 12. The molecule has 0 aromatic heterocycles. The van der Waals surface area contributed by atoms with E-state index in [1.807, 2.05) is 13.8 Å². The summed E-state index contributed by atoms with van der Waals surface area (Å²) in [5, 5.41) is 21.5. The van der Waals surface area contributed by atoms with Crippen LogP contribution in [0.25, 0.3) is 5.76 Å². The number of carbonyl (C=O) groups excluding carboxylic acids is 2. The summed E-state index contributed by atoms with van der Waals surface area (Å²) < 4.78 is 11.0. The number of benzene rings is 2. The second-order valence-electron chi connectivity index (χ2n) is 8.30. The molecule has 0 bridgehead atoms. The van der Waals surface area contributed by atoms with Gasteiger partial charge >= 0.3 is 0 Å². The zero-order valence-corrected chi connectivity index (χ0v) is 21.1. The Morgan fingerprint density at radius 1 is 1.08 bits per heavy atom. The molecule has 2 N–H and O–H groups in total. The van der Waals surface area contributed by atoms with Gasteiger partial charge in [-0.25, -0.2) is 0 Å². The van der Waals surface area contributed by atoms with Crippen molar-refractivity contribution in [2.24, 2.45) is 0 Å². The number of nitrogens with zero attached hydrogens (tertiary/aromatic N) is 2. The third-order valence-electron chi connectivity index (χ3n) is 6.19. The molecular formula is C28H34N2O6. The minimum atomic E-state index is -0.836. The first-order valence-corrected chi connectivity index (χ1v) is 12.2. The Kier molecular flexibility index (Phi) is 9.13. The molecule has 1 amide bonds. The van der Waals surface area contributed by atoms with Crippen molar-refractivity contribution in [2.75, 3.05) is 39.4 Å². The van der Waals surface area contributed by atoms with Gasteiger partial charge in [-0.3, -0.25) is 9.59 Å². The van der Waals surface area contributed by atoms with E-state index < -0.39 is 17.7 Å². The molecule has 1 aliphatic heterocycles. The van der Waals surface area contributed by atoms with Gasteiger partial charge in [0.05, 0.1) is 18.2 Å². The first kappa shape index (κ1) is 26.8. The molecular weight excluding hydrogens is 460 g/mol. The largest absolute Gasteiger partial charge is 0.507 e. The van der Waals surface area contributed by atoms with E-state index in [-0.39, 0.29) is 22.8 Å². The van der Waals surface area contributed by atoms with Gasteiger partial charge in [0.15, 0.2) is 11.5 Å². The van der Waals surface area contributed by atoms with Gasteiger partial charge in [-0.2, -0.15) is 0 Å². The van der Waals surface area contributed by atoms with Crippen molar-refractivity contribution < 1.29 is 29.3 Å². The summed E-state index contributed by atoms with van der Waals surface area (Å²) in [6.07, 6.45) is 1.63. The third kappa shape index (κ3) is 5.71. The molecule has 36 heavy (non-hydrogen) atoms. The molecule has 0 spiro atoms. The number of carbonyl (C=O) groups is 2. The summed E-state index contributed by atoms with van der Waals surface area (Å²) in [5.74, 6) is -0.919. The SMILES string of the molecule is C=CCOc1ccc(/C(O)=C2\C(=O)C(=O)N(CCN(CC)CC)C2c2ccc(O)c(OCC)c2)cc1. The van der Waals surface area contributed by atoms with Crippen LogP contribution in [0.5, 0.6) is 17.2 Å². The normalized spacial score (nSPS) is 17.0. The maximum atomic E-state index is 13.2. The lowest BCUT2D eigenvalue weighted by Crippen LogP contribution is -2.38. The average molecular weight is 495 g/mol. The Morgan fingerprint density at radius 3 is 2.39 bits per heavy atom. The molecule has 3 rings (SSSR count). The van der Waals surface area contributed by atoms with Crippen LogP contribution in [0.1, 0.15) is 37.9 Å². The van der Waals surface area contributed by atoms with E-state index in [9.17, 15) is 19.8 Å². The van der Waals surface area contributed by atoms with Crippen LogP contribution >= 0.6 is 0 Å². The molecule has 0 saturated carbocycles. The van der Waals surface area contributed by atoms with E-state index in [1.165, 1.54) is 11.0 Å². The van der Waals surface area contributed by atoms with Gasteiger partial charge < -0.3 is 29.5 Å². The molecule has 1 saturated heterocycles. The topological polar surface area (TPSA) is 99.5 Å². The molecule has 192 valence electrons. The number of hydrogen-bond donors (Lipinski definition) is 2. The number of Topliss-reactive ketones (excluding diaryl/α,β-unsaturated/α-hetero) is 1. The fourth-order valence-corrected chi connectivity index (χ4v) is 4.24. The molecule has 8 heteroatoms. The Labute approximate surface area is 212 Å². The van der Waals surface area contributed by atoms with Gasteiger partial charge in [-0.15, -0.1) is 0 Å². The monoisotopic (exact) mass is 494 g/mol. The lowest BCUT2D eigenvalue weighted by atomic mass is 9.95. The quantitative estimate of drug-likeness (QED) is 0.198. The first-order chi connectivity index (χ1) is 17.4. The molecule has 1 aliphatic rings. The number of aliphatic hydroxyl groups excluding tert-OH is 1. The highest BCUT2D eigenvalue weighted by molar-refractivity contribution is 6.46. The van der Waals surface area contributed by atoms with Crippen molar-refractivity contribution in [3.8, 4) is 17.2 Å². The Bertz CT molecular complexity index is 1120. The van der Waals surface area contributed by atoms with E-state index in [1.54, 1.807) is 49.4 Å². The smallest absolute Gasteiger partial charge is 0.295 e. The fraction of sp³-hybridized carbons (Fsp3) is 0.357. The van der Waals surface area contributed by atoms with Gasteiger partial charge in [-0.05, 0) is 62.0 Å². The predicted octanol–water partition coefficient (Wildman–Crippen LogP) is 4.12. The predicted molar refractivity (Wildman–Crippen MR) is 138 cm³/mol. The number of likely N-dealkylation sites (N-methyl/N-ethyl adjacent to an activating group) is 1. The van der Waals surface area contributed by atoms with Crippen molar-refractivity contribution in [3.05, 3.63) is 71.8 Å². The average Bonchev–Trinajstić information content (AvgIpc) is 3.14. The summed E-state index contributed by atoms with van der Waals surface area (Å²) in [6, 6.07) is 10.5. The number of ether oxygens (including phenoxy) is 2. The molecule has 1 fully saturated rings. The van der Waals surface area contributed by atoms with E-state index in [2.05, 4.69) is 11.5 Å². The van der Waals surface area contributed by atoms with E-state index in [0.29, 0.717) is 43.2 Å². The number of phenolic OH excluding ortho intramolecular Hbond substituents is 1. The summed E-state index contributed by atoms with van der Waals surface area (Å²) in [4.78, 5) is 30.1. The zero-order valence-electron chi connectivity index (χ0n) is 21.1. The summed E-state index contributed by atoms with van der Waals surface area (Å²) in [6.45, 7) is 12.6. The maximum Gasteiger partial charge on any atom is 0.295 e. The minimum Gasteiger partial charge on any atom is -0.507 e. The highest BCUT2D eigenvalue weighted by atomic mass is 16.5. The number of aliphatic hydroxyl groups is 1. The van der Waals surface area contributed by atoms with E-state index in [0.717, 1.165) is 13.1 Å². The minimum absolute atomic E-state index is 0.00700. The van der Waals surface area contributed by atoms with Crippen LogP contribution in [0.4, 0.5) is 0 Å². The number of ketones is 1. The van der Waals surface area contributed by atoms with Gasteiger partial charge in [0, 0.05) is 18.7 Å². The van der Waals surface area contributed by atoms with Crippen LogP contribution in [0, 0.1) is 0 Å². The molecule has 0 aliphatic carbocycles. The number of hydrogen-bond acceptors (Lipinski definition) is 7. The van der Waals surface area contributed by atoms with Crippen molar-refractivity contribution in [2.45, 2.75) is 26.8 Å². The van der Waals surface area contributed by atoms with E-state index >= 15 is 0 Å². The Balaban J connectivity index is 2.09. The second-order valence-corrected chi connectivity index (χ2v) is 8.30. The molecule has 1 heterocycles. The molecule has 1 unspecified atom stereocenters. The maximum absolute atomic E-state index is 13.2. The Morgan fingerprint density at radius 2 is 1.78 bits per heavy atom. The van der Waals surface area contributed by atoms with Crippen LogP contribution in [0.2, 0.25) is 0 Å². The summed E-state index contributed by atoms with van der Waals surface area (Å²) >= 11 is 0. The highest BCUT2D eigenvalue weighted by Crippen LogP contribution is 2.41. The fourth-order valence-electron chi connectivity index (χ4n) is 4.24. The summed E-state index contributed by atoms with van der Waals surface area (Å²) in [5.41, 5.74) is 0.937. The van der Waals surface area contributed by atoms with Crippen molar-refractivity contribution in [3.63, 3.8) is 0 Å². The van der Waals surface area contributed by atoms with E-state index in [4.69, 9.17) is 9.47 Å². The van der Waals surface area contributed by atoms with Crippen LogP contribution in [0.15, 0.2) is 60.7 Å². The highest BCUT2D eigenvalue weighted by Gasteiger charge is 2.46. The number of aromatic hydroxyl groups is 1. The van der Waals surface area contributed by atoms with Crippen molar-refractivity contribution in [1.82, 2.24) is 9.80 Å². The van der Waals surface area contributed by atoms with Crippen LogP contribution < -0.4 is 9.47 Å². The number of amides is 1.